The molecular formula is C21H20F3N3O2. The number of nitrogens with one attached hydrogen (secondary N) is 2. The Bertz CT molecular complexity index is 958. The minimum atomic E-state index is -4.48. The molecule has 1 unspecified atom stereocenters. The second kappa shape index (κ2) is 7.42. The number of alkyl halides is 3. The van der Waals surface area contributed by atoms with Gasteiger partial charge in [0.15, 0.2) is 0 Å². The molecule has 0 bridgehead atoms. The summed E-state index contributed by atoms with van der Waals surface area (Å²) in [7, 11) is 0. The minimum absolute atomic E-state index is 0.326. The summed E-state index contributed by atoms with van der Waals surface area (Å²) < 4.78 is 37.0. The van der Waals surface area contributed by atoms with Gasteiger partial charge in [-0.1, -0.05) is 30.3 Å². The molecule has 3 amide bonds. The maximum atomic E-state index is 12.7. The van der Waals surface area contributed by atoms with E-state index in [4.69, 9.17) is 0 Å². The summed E-state index contributed by atoms with van der Waals surface area (Å²) >= 11 is 0. The van der Waals surface area contributed by atoms with Crippen molar-refractivity contribution in [3.63, 3.8) is 0 Å². The van der Waals surface area contributed by atoms with Crippen LogP contribution in [0.2, 0.25) is 0 Å². The Kier molecular flexibility index (Phi) is 4.94. The maximum Gasteiger partial charge on any atom is 0.405 e. The molecule has 1 saturated heterocycles. The van der Waals surface area contributed by atoms with Gasteiger partial charge in [-0.2, -0.15) is 13.2 Å². The summed E-state index contributed by atoms with van der Waals surface area (Å²) in [6.45, 7) is -1.07. The molecule has 0 aromatic heterocycles. The number of rotatable bonds is 3. The van der Waals surface area contributed by atoms with Gasteiger partial charge in [0.2, 0.25) is 5.91 Å². The van der Waals surface area contributed by atoms with E-state index < -0.39 is 30.7 Å². The number of anilines is 1. The predicted molar refractivity (Wildman–Crippen MR) is 102 cm³/mol. The van der Waals surface area contributed by atoms with Gasteiger partial charge in [-0.25, -0.2) is 4.79 Å². The highest BCUT2D eigenvalue weighted by Crippen LogP contribution is 2.37. The molecule has 29 heavy (non-hydrogen) atoms. The van der Waals surface area contributed by atoms with Crippen molar-refractivity contribution >= 4 is 17.6 Å². The summed E-state index contributed by atoms with van der Waals surface area (Å²) in [5.41, 5.74) is 5.24. The topological polar surface area (TPSA) is 61.4 Å². The molecule has 1 atom stereocenters. The lowest BCUT2D eigenvalue weighted by Gasteiger charge is -2.24. The molecule has 0 spiro atoms. The molecule has 0 radical (unpaired) electrons. The number of likely N-dealkylation sites (tertiary alicyclic amines) is 1. The molecule has 2 aromatic rings. The summed E-state index contributed by atoms with van der Waals surface area (Å²) in [6.07, 6.45) is -2.79. The highest BCUT2D eigenvalue weighted by Gasteiger charge is 2.36. The normalized spacial score (nSPS) is 17.6. The van der Waals surface area contributed by atoms with Gasteiger partial charge in [-0.3, -0.25) is 4.79 Å². The lowest BCUT2D eigenvalue weighted by Crippen LogP contribution is -2.49. The van der Waals surface area contributed by atoms with E-state index in [1.807, 2.05) is 29.6 Å². The Labute approximate surface area is 165 Å². The van der Waals surface area contributed by atoms with E-state index in [2.05, 4.69) is 17.4 Å². The smallest absolute Gasteiger partial charge is 0.345 e. The lowest BCUT2D eigenvalue weighted by molar-refractivity contribution is -0.140. The van der Waals surface area contributed by atoms with Crippen LogP contribution in [0.1, 0.15) is 24.0 Å². The molecule has 1 fully saturated rings. The van der Waals surface area contributed by atoms with Crippen molar-refractivity contribution < 1.29 is 22.8 Å². The van der Waals surface area contributed by atoms with E-state index in [1.165, 1.54) is 16.0 Å². The second-order valence-electron chi connectivity index (χ2n) is 7.32. The third kappa shape index (κ3) is 4.06. The number of hydrogen-bond donors (Lipinski definition) is 2. The van der Waals surface area contributed by atoms with Crippen LogP contribution in [-0.2, 0) is 11.2 Å². The fraction of sp³-hybridized carbons (Fsp3) is 0.333. The van der Waals surface area contributed by atoms with Crippen LogP contribution in [0.4, 0.5) is 23.7 Å². The first-order valence-corrected chi connectivity index (χ1v) is 9.45. The van der Waals surface area contributed by atoms with Crippen molar-refractivity contribution in [2.24, 2.45) is 0 Å². The van der Waals surface area contributed by atoms with Gasteiger partial charge in [0.05, 0.1) is 0 Å². The van der Waals surface area contributed by atoms with Crippen molar-refractivity contribution in [3.8, 4) is 11.1 Å². The number of amides is 3. The SMILES string of the molecule is O=C(NCC(F)(F)F)C1CCCN1C(=O)Nc1ccc2c(c1)Cc1ccccc1-2. The molecule has 5 nitrogen and oxygen atoms in total. The van der Waals surface area contributed by atoms with Crippen LogP contribution in [0.25, 0.3) is 11.1 Å². The molecule has 1 heterocycles. The van der Waals surface area contributed by atoms with E-state index >= 15 is 0 Å². The van der Waals surface area contributed by atoms with Gasteiger partial charge in [0, 0.05) is 12.2 Å². The molecule has 1 aliphatic carbocycles. The van der Waals surface area contributed by atoms with Gasteiger partial charge in [0.1, 0.15) is 12.6 Å². The highest BCUT2D eigenvalue weighted by molar-refractivity contribution is 5.95. The molecule has 4 rings (SSSR count). The average Bonchev–Trinajstić information content (AvgIpc) is 3.30. The molecule has 1 aliphatic heterocycles. The maximum absolute atomic E-state index is 12.7. The van der Waals surface area contributed by atoms with Gasteiger partial charge < -0.3 is 15.5 Å². The first-order valence-electron chi connectivity index (χ1n) is 9.45. The Balaban J connectivity index is 1.43. The number of urea groups is 1. The highest BCUT2D eigenvalue weighted by atomic mass is 19.4. The van der Waals surface area contributed by atoms with E-state index in [0.717, 1.165) is 17.5 Å². The fourth-order valence-electron chi connectivity index (χ4n) is 4.01. The lowest BCUT2D eigenvalue weighted by atomic mass is 10.1. The van der Waals surface area contributed by atoms with Crippen molar-refractivity contribution in [1.82, 2.24) is 10.2 Å². The summed E-state index contributed by atoms with van der Waals surface area (Å²) in [4.78, 5) is 26.1. The van der Waals surface area contributed by atoms with Gasteiger partial charge in [0.25, 0.3) is 0 Å². The van der Waals surface area contributed by atoms with Gasteiger partial charge >= 0.3 is 12.2 Å². The van der Waals surface area contributed by atoms with Crippen LogP contribution in [0.5, 0.6) is 0 Å². The summed E-state index contributed by atoms with van der Waals surface area (Å²) in [5.74, 6) is -0.778. The second-order valence-corrected chi connectivity index (χ2v) is 7.32. The molecule has 8 heteroatoms. The molecular weight excluding hydrogens is 383 g/mol. The number of halogens is 3. The van der Waals surface area contributed by atoms with E-state index in [-0.39, 0.29) is 0 Å². The predicted octanol–water partition coefficient (Wildman–Crippen LogP) is 3.93. The van der Waals surface area contributed by atoms with Crippen molar-refractivity contribution in [1.29, 1.82) is 0 Å². The number of benzene rings is 2. The molecule has 2 aliphatic rings. The minimum Gasteiger partial charge on any atom is -0.345 e. The van der Waals surface area contributed by atoms with Crippen LogP contribution in [0.3, 0.4) is 0 Å². The monoisotopic (exact) mass is 403 g/mol. The van der Waals surface area contributed by atoms with E-state index in [0.29, 0.717) is 25.1 Å². The average molecular weight is 403 g/mol. The Hall–Kier alpha value is -3.03. The Morgan fingerprint density at radius 1 is 1.07 bits per heavy atom. The standard InChI is InChI=1S/C21H20F3N3O2/c22-21(23,24)12-25-19(28)18-6-3-9-27(18)20(29)26-15-7-8-17-14(11-15)10-13-4-1-2-5-16(13)17/h1-2,4-5,7-8,11,18H,3,6,9-10,12H2,(H,25,28)(H,26,29). The van der Waals surface area contributed by atoms with Gasteiger partial charge in [-0.15, -0.1) is 0 Å². The Morgan fingerprint density at radius 2 is 1.83 bits per heavy atom. The zero-order valence-electron chi connectivity index (χ0n) is 15.6. The quantitative estimate of drug-likeness (QED) is 0.696. The van der Waals surface area contributed by atoms with Gasteiger partial charge in [-0.05, 0) is 53.6 Å². The largest absolute Gasteiger partial charge is 0.405 e. The Morgan fingerprint density at radius 3 is 2.62 bits per heavy atom. The number of carbonyl (C=O) groups is 2. The first-order chi connectivity index (χ1) is 13.8. The van der Waals surface area contributed by atoms with Crippen molar-refractivity contribution in [3.05, 3.63) is 53.6 Å². The van der Waals surface area contributed by atoms with Crippen LogP contribution < -0.4 is 10.6 Å². The number of fused-ring (bicyclic) bond motifs is 3. The molecule has 152 valence electrons. The molecule has 0 saturated carbocycles. The van der Waals surface area contributed by atoms with E-state index in [1.54, 1.807) is 6.07 Å². The number of hydrogen-bond acceptors (Lipinski definition) is 2. The van der Waals surface area contributed by atoms with Crippen LogP contribution in [0.15, 0.2) is 42.5 Å². The third-order valence-electron chi connectivity index (χ3n) is 5.32. The summed E-state index contributed by atoms with van der Waals surface area (Å²) in [6, 6.07) is 12.4. The van der Waals surface area contributed by atoms with Crippen molar-refractivity contribution in [2.75, 3.05) is 18.4 Å². The van der Waals surface area contributed by atoms with Crippen molar-refractivity contribution in [2.45, 2.75) is 31.5 Å². The number of carbonyl (C=O) groups excluding carboxylic acids is 2. The van der Waals surface area contributed by atoms with Crippen LogP contribution in [-0.4, -0.2) is 42.1 Å². The molecule has 2 N–H and O–H groups in total. The number of nitrogens with zero attached hydrogens (tertiary/aromatic N) is 1. The fourth-order valence-corrected chi connectivity index (χ4v) is 4.01. The zero-order valence-corrected chi connectivity index (χ0v) is 15.6. The third-order valence-corrected chi connectivity index (χ3v) is 5.32. The van der Waals surface area contributed by atoms with E-state index in [9.17, 15) is 22.8 Å². The van der Waals surface area contributed by atoms with Crippen LogP contribution >= 0.6 is 0 Å². The zero-order chi connectivity index (χ0) is 20.6. The first kappa shape index (κ1) is 19.3. The molecule has 2 aromatic carbocycles. The summed E-state index contributed by atoms with van der Waals surface area (Å²) in [5, 5.41) is 4.65. The van der Waals surface area contributed by atoms with Crippen LogP contribution in [0, 0.1) is 0 Å².